The minimum atomic E-state index is 0.485. The van der Waals surface area contributed by atoms with Crippen LogP contribution in [0.3, 0.4) is 0 Å². The highest BCUT2D eigenvalue weighted by Crippen LogP contribution is 2.40. The molecule has 1 aliphatic carbocycles. The van der Waals surface area contributed by atoms with E-state index in [4.69, 9.17) is 11.6 Å². The van der Waals surface area contributed by atoms with Gasteiger partial charge in [0, 0.05) is 5.92 Å². The van der Waals surface area contributed by atoms with Gasteiger partial charge in [-0.1, -0.05) is 29.4 Å². The minimum absolute atomic E-state index is 0.485. The van der Waals surface area contributed by atoms with Gasteiger partial charge in [0.15, 0.2) is 5.15 Å². The van der Waals surface area contributed by atoms with E-state index in [9.17, 15) is 0 Å². The molecule has 0 N–H and O–H groups in total. The van der Waals surface area contributed by atoms with Gasteiger partial charge in [-0.05, 0) is 19.8 Å². The van der Waals surface area contributed by atoms with Crippen LogP contribution in [0.4, 0.5) is 0 Å². The van der Waals surface area contributed by atoms with E-state index in [1.807, 2.05) is 6.92 Å². The number of aryl methyl sites for hydroxylation is 1. The molecule has 0 aliphatic heterocycles. The van der Waals surface area contributed by atoms with E-state index >= 15 is 0 Å². The number of fused-ring (bicyclic) bond motifs is 1. The molecule has 2 heterocycles. The predicted octanol–water partition coefficient (Wildman–Crippen LogP) is 3.32. The molecule has 0 amide bonds. The summed E-state index contributed by atoms with van der Waals surface area (Å²) in [6, 6.07) is 0. The van der Waals surface area contributed by atoms with E-state index in [2.05, 4.69) is 15.0 Å². The SMILES string of the molecule is Cc1nc(Cl)c2nc(C3CCC3)sc2n1. The molecule has 5 heteroatoms. The van der Waals surface area contributed by atoms with Crippen LogP contribution in [0.2, 0.25) is 5.15 Å². The Labute approximate surface area is 96.5 Å². The molecule has 1 aliphatic rings. The number of hydrogen-bond acceptors (Lipinski definition) is 4. The Morgan fingerprint density at radius 1 is 1.27 bits per heavy atom. The molecule has 0 bridgehead atoms. The van der Waals surface area contributed by atoms with Gasteiger partial charge in [0.1, 0.15) is 16.2 Å². The largest absolute Gasteiger partial charge is 0.236 e. The third-order valence-electron chi connectivity index (χ3n) is 2.80. The first-order valence-corrected chi connectivity index (χ1v) is 6.24. The van der Waals surface area contributed by atoms with E-state index in [-0.39, 0.29) is 0 Å². The second-order valence-electron chi connectivity index (χ2n) is 3.90. The van der Waals surface area contributed by atoms with Gasteiger partial charge in [0.2, 0.25) is 0 Å². The molecule has 2 aromatic rings. The van der Waals surface area contributed by atoms with Crippen LogP contribution in [0.5, 0.6) is 0 Å². The summed E-state index contributed by atoms with van der Waals surface area (Å²) in [5, 5.41) is 1.66. The van der Waals surface area contributed by atoms with Gasteiger partial charge in [-0.2, -0.15) is 0 Å². The zero-order valence-electron chi connectivity index (χ0n) is 8.33. The molecule has 15 heavy (non-hydrogen) atoms. The summed E-state index contributed by atoms with van der Waals surface area (Å²) >= 11 is 7.70. The van der Waals surface area contributed by atoms with Gasteiger partial charge in [-0.25, -0.2) is 15.0 Å². The van der Waals surface area contributed by atoms with E-state index in [1.165, 1.54) is 24.3 Å². The van der Waals surface area contributed by atoms with Crippen LogP contribution < -0.4 is 0 Å². The maximum atomic E-state index is 6.03. The fourth-order valence-corrected chi connectivity index (χ4v) is 3.20. The Kier molecular flexibility index (Phi) is 2.14. The number of halogens is 1. The van der Waals surface area contributed by atoms with Crippen molar-refractivity contribution in [3.8, 4) is 0 Å². The van der Waals surface area contributed by atoms with Crippen molar-refractivity contribution in [2.75, 3.05) is 0 Å². The van der Waals surface area contributed by atoms with Crippen LogP contribution in [0.25, 0.3) is 10.3 Å². The van der Waals surface area contributed by atoms with Crippen LogP contribution in [0, 0.1) is 6.92 Å². The summed E-state index contributed by atoms with van der Waals surface area (Å²) in [7, 11) is 0. The van der Waals surface area contributed by atoms with E-state index in [0.717, 1.165) is 16.2 Å². The van der Waals surface area contributed by atoms with Crippen molar-refractivity contribution < 1.29 is 0 Å². The molecule has 3 rings (SSSR count). The summed E-state index contributed by atoms with van der Waals surface area (Å²) in [6.45, 7) is 1.86. The van der Waals surface area contributed by atoms with Gasteiger partial charge in [0.05, 0.1) is 5.01 Å². The summed E-state index contributed by atoms with van der Waals surface area (Å²) in [4.78, 5) is 13.9. The zero-order chi connectivity index (χ0) is 10.4. The molecule has 0 atom stereocenters. The van der Waals surface area contributed by atoms with Gasteiger partial charge < -0.3 is 0 Å². The maximum Gasteiger partial charge on any atom is 0.159 e. The standard InChI is InChI=1S/C10H10ClN3S/c1-5-12-8(11)7-10(13-5)15-9(14-7)6-3-2-4-6/h6H,2-4H2,1H3. The summed E-state index contributed by atoms with van der Waals surface area (Å²) < 4.78 is 0. The third-order valence-corrected chi connectivity index (χ3v) is 4.17. The van der Waals surface area contributed by atoms with Gasteiger partial charge >= 0.3 is 0 Å². The topological polar surface area (TPSA) is 38.7 Å². The highest BCUT2D eigenvalue weighted by molar-refractivity contribution is 7.18. The Balaban J connectivity index is 2.16. The number of aromatic nitrogens is 3. The Morgan fingerprint density at radius 3 is 2.73 bits per heavy atom. The van der Waals surface area contributed by atoms with E-state index in [1.54, 1.807) is 11.3 Å². The fraction of sp³-hybridized carbons (Fsp3) is 0.500. The Bertz CT molecular complexity index is 519. The monoisotopic (exact) mass is 239 g/mol. The quantitative estimate of drug-likeness (QED) is 0.717. The lowest BCUT2D eigenvalue weighted by atomic mass is 9.86. The maximum absolute atomic E-state index is 6.03. The summed E-state index contributed by atoms with van der Waals surface area (Å²) in [6.07, 6.45) is 3.83. The van der Waals surface area contributed by atoms with Crippen molar-refractivity contribution in [2.45, 2.75) is 32.1 Å². The van der Waals surface area contributed by atoms with Crippen molar-refractivity contribution in [3.05, 3.63) is 16.0 Å². The molecular formula is C10H10ClN3S. The van der Waals surface area contributed by atoms with Crippen molar-refractivity contribution in [2.24, 2.45) is 0 Å². The van der Waals surface area contributed by atoms with Crippen LogP contribution in [0.1, 0.15) is 36.0 Å². The highest BCUT2D eigenvalue weighted by atomic mass is 35.5. The molecule has 1 saturated carbocycles. The molecule has 0 aromatic carbocycles. The fourth-order valence-electron chi connectivity index (χ4n) is 1.74. The molecular weight excluding hydrogens is 230 g/mol. The lowest BCUT2D eigenvalue weighted by Crippen LogP contribution is -2.07. The zero-order valence-corrected chi connectivity index (χ0v) is 9.90. The highest BCUT2D eigenvalue weighted by Gasteiger charge is 2.24. The molecule has 0 spiro atoms. The lowest BCUT2D eigenvalue weighted by molar-refractivity contribution is 0.419. The predicted molar refractivity (Wildman–Crippen MR) is 61.5 cm³/mol. The van der Waals surface area contributed by atoms with Gasteiger partial charge in [0.25, 0.3) is 0 Å². The molecule has 2 aromatic heterocycles. The Morgan fingerprint density at radius 2 is 2.07 bits per heavy atom. The van der Waals surface area contributed by atoms with Crippen molar-refractivity contribution in [3.63, 3.8) is 0 Å². The first-order valence-electron chi connectivity index (χ1n) is 5.04. The first kappa shape index (κ1) is 9.48. The average Bonchev–Trinajstić information content (AvgIpc) is 2.44. The van der Waals surface area contributed by atoms with Crippen LogP contribution in [-0.4, -0.2) is 15.0 Å². The number of thiazole rings is 1. The smallest absolute Gasteiger partial charge is 0.159 e. The Hall–Kier alpha value is -0.740. The van der Waals surface area contributed by atoms with E-state index < -0.39 is 0 Å². The molecule has 0 unspecified atom stereocenters. The number of rotatable bonds is 1. The lowest BCUT2D eigenvalue weighted by Gasteiger charge is -2.22. The number of nitrogens with zero attached hydrogens (tertiary/aromatic N) is 3. The van der Waals surface area contributed by atoms with Crippen LogP contribution in [-0.2, 0) is 0 Å². The van der Waals surface area contributed by atoms with Gasteiger partial charge in [-0.3, -0.25) is 0 Å². The van der Waals surface area contributed by atoms with Crippen molar-refractivity contribution >= 4 is 33.3 Å². The van der Waals surface area contributed by atoms with Gasteiger partial charge in [-0.15, -0.1) is 0 Å². The van der Waals surface area contributed by atoms with Crippen LogP contribution in [0.15, 0.2) is 0 Å². The molecule has 3 nitrogen and oxygen atoms in total. The van der Waals surface area contributed by atoms with E-state index in [0.29, 0.717) is 11.1 Å². The molecule has 0 saturated heterocycles. The normalized spacial score (nSPS) is 16.9. The summed E-state index contributed by atoms with van der Waals surface area (Å²) in [5.41, 5.74) is 0.772. The molecule has 78 valence electrons. The second kappa shape index (κ2) is 3.39. The number of hydrogen-bond donors (Lipinski definition) is 0. The van der Waals surface area contributed by atoms with Crippen molar-refractivity contribution in [1.82, 2.24) is 15.0 Å². The third kappa shape index (κ3) is 1.52. The first-order chi connectivity index (χ1) is 7.24. The van der Waals surface area contributed by atoms with Crippen LogP contribution >= 0.6 is 22.9 Å². The van der Waals surface area contributed by atoms with Crippen molar-refractivity contribution in [1.29, 1.82) is 0 Å². The summed E-state index contributed by atoms with van der Waals surface area (Å²) in [5.74, 6) is 1.36. The average molecular weight is 240 g/mol. The molecule has 0 radical (unpaired) electrons. The molecule has 1 fully saturated rings. The minimum Gasteiger partial charge on any atom is -0.236 e. The second-order valence-corrected chi connectivity index (χ2v) is 5.26.